The highest BCUT2D eigenvalue weighted by molar-refractivity contribution is 6.81. The highest BCUT2D eigenvalue weighted by atomic mass is 35.5. The van der Waals surface area contributed by atoms with Gasteiger partial charge in [-0.2, -0.15) is 0 Å². The predicted molar refractivity (Wildman–Crippen MR) is 107 cm³/mol. The second kappa shape index (κ2) is 10.5. The Morgan fingerprint density at radius 3 is 2.33 bits per heavy atom. The Hall–Kier alpha value is -3.26. The van der Waals surface area contributed by atoms with E-state index in [2.05, 4.69) is 4.74 Å². The molecule has 0 bridgehead atoms. The number of anilines is 1. The number of rotatable bonds is 8. The minimum atomic E-state index is -1.52. The van der Waals surface area contributed by atoms with E-state index >= 15 is 0 Å². The van der Waals surface area contributed by atoms with Gasteiger partial charge in [-0.1, -0.05) is 30.3 Å². The molecular formula is C21H19ClFNO6. The van der Waals surface area contributed by atoms with E-state index in [9.17, 15) is 23.6 Å². The van der Waals surface area contributed by atoms with Crippen molar-refractivity contribution in [2.24, 2.45) is 0 Å². The number of ketones is 1. The maximum Gasteiger partial charge on any atom is 0.398 e. The van der Waals surface area contributed by atoms with Crippen molar-refractivity contribution < 1.29 is 33.0 Å². The van der Waals surface area contributed by atoms with Crippen molar-refractivity contribution in [3.8, 4) is 5.75 Å². The first kappa shape index (κ1) is 23.0. The van der Waals surface area contributed by atoms with Crippen LogP contribution in [0.1, 0.15) is 19.4 Å². The molecule has 1 unspecified atom stereocenters. The minimum Gasteiger partial charge on any atom is -0.486 e. The highest BCUT2D eigenvalue weighted by Crippen LogP contribution is 2.25. The molecule has 0 radical (unpaired) electrons. The van der Waals surface area contributed by atoms with Gasteiger partial charge in [-0.25, -0.2) is 9.18 Å². The average Bonchev–Trinajstić information content (AvgIpc) is 2.73. The molecule has 0 aliphatic carbocycles. The molecule has 1 amide bonds. The third-order valence-electron chi connectivity index (χ3n) is 4.05. The van der Waals surface area contributed by atoms with Crippen LogP contribution in [-0.2, 0) is 30.5 Å². The van der Waals surface area contributed by atoms with Gasteiger partial charge >= 0.3 is 11.9 Å². The third-order valence-corrected chi connectivity index (χ3v) is 4.23. The zero-order chi connectivity index (χ0) is 22.3. The molecule has 0 aliphatic rings. The van der Waals surface area contributed by atoms with Gasteiger partial charge in [0.05, 0.1) is 0 Å². The number of ether oxygens (including phenoxy) is 2. The van der Waals surface area contributed by atoms with E-state index in [0.29, 0.717) is 0 Å². The summed E-state index contributed by atoms with van der Waals surface area (Å²) in [5, 5.41) is -1.32. The SMILES string of the molecule is CCN(C(=O)C(=O)OC(C)C(=O)C(=O)Cl)c1ccc(OCc2ccccc2)c(F)c1. The van der Waals surface area contributed by atoms with Gasteiger partial charge in [-0.15, -0.1) is 0 Å². The van der Waals surface area contributed by atoms with Gasteiger partial charge in [0.1, 0.15) is 6.61 Å². The van der Waals surface area contributed by atoms with Crippen LogP contribution in [0.4, 0.5) is 10.1 Å². The maximum absolute atomic E-state index is 14.4. The molecule has 0 heterocycles. The van der Waals surface area contributed by atoms with E-state index in [1.54, 1.807) is 6.92 Å². The summed E-state index contributed by atoms with van der Waals surface area (Å²) in [6, 6.07) is 13.0. The number of nitrogens with zero attached hydrogens (tertiary/aromatic N) is 1. The van der Waals surface area contributed by atoms with Crippen LogP contribution in [0.15, 0.2) is 48.5 Å². The molecule has 2 aromatic carbocycles. The first-order chi connectivity index (χ1) is 14.2. The average molecular weight is 436 g/mol. The Bertz CT molecular complexity index is 950. The number of carbonyl (C=O) groups is 4. The second-order valence-corrected chi connectivity index (χ2v) is 6.47. The number of halogens is 2. The van der Waals surface area contributed by atoms with Crippen LogP contribution in [0.25, 0.3) is 0 Å². The first-order valence-electron chi connectivity index (χ1n) is 8.97. The van der Waals surface area contributed by atoms with Crippen LogP contribution < -0.4 is 9.64 Å². The fraction of sp³-hybridized carbons (Fsp3) is 0.238. The van der Waals surface area contributed by atoms with Gasteiger partial charge in [0.25, 0.3) is 11.0 Å². The van der Waals surface area contributed by atoms with E-state index in [4.69, 9.17) is 16.3 Å². The minimum absolute atomic E-state index is 0.0199. The van der Waals surface area contributed by atoms with E-state index in [0.717, 1.165) is 23.5 Å². The molecular weight excluding hydrogens is 417 g/mol. The topological polar surface area (TPSA) is 90.0 Å². The van der Waals surface area contributed by atoms with Gasteiger partial charge in [-0.05, 0) is 43.1 Å². The van der Waals surface area contributed by atoms with Crippen molar-refractivity contribution in [1.29, 1.82) is 0 Å². The van der Waals surface area contributed by atoms with Crippen LogP contribution >= 0.6 is 11.6 Å². The van der Waals surface area contributed by atoms with Crippen LogP contribution in [0.3, 0.4) is 0 Å². The lowest BCUT2D eigenvalue weighted by molar-refractivity contribution is -0.160. The predicted octanol–water partition coefficient (Wildman–Crippen LogP) is 3.02. The number of Topliss-reactive ketones (excluding diaryl/α,β-unsaturated/α-hetero) is 1. The van der Waals surface area contributed by atoms with Crippen LogP contribution in [0.5, 0.6) is 5.75 Å². The van der Waals surface area contributed by atoms with E-state index in [-0.39, 0.29) is 24.6 Å². The monoisotopic (exact) mass is 435 g/mol. The third kappa shape index (κ3) is 5.87. The number of amides is 1. The van der Waals surface area contributed by atoms with Gasteiger partial charge in [-0.3, -0.25) is 14.4 Å². The normalized spacial score (nSPS) is 11.3. The summed E-state index contributed by atoms with van der Waals surface area (Å²) in [5.74, 6) is -4.41. The van der Waals surface area contributed by atoms with Gasteiger partial charge in [0, 0.05) is 18.3 Å². The van der Waals surface area contributed by atoms with Crippen molar-refractivity contribution in [3.63, 3.8) is 0 Å². The molecule has 1 atom stereocenters. The smallest absolute Gasteiger partial charge is 0.398 e. The van der Waals surface area contributed by atoms with Crippen molar-refractivity contribution in [2.45, 2.75) is 26.6 Å². The van der Waals surface area contributed by atoms with Gasteiger partial charge < -0.3 is 14.4 Å². The van der Waals surface area contributed by atoms with Crippen molar-refractivity contribution in [3.05, 3.63) is 59.9 Å². The van der Waals surface area contributed by atoms with Crippen molar-refractivity contribution >= 4 is 40.2 Å². The molecule has 158 valence electrons. The standard InChI is InChI=1S/C21H19ClFNO6/c1-3-24(20(27)21(28)30-13(2)18(25)19(22)26)15-9-10-17(16(23)11-15)29-12-14-7-5-4-6-8-14/h4-11,13H,3,12H2,1-2H3. The van der Waals surface area contributed by atoms with Gasteiger partial charge in [0.2, 0.25) is 0 Å². The van der Waals surface area contributed by atoms with Crippen LogP contribution in [0.2, 0.25) is 0 Å². The van der Waals surface area contributed by atoms with E-state index in [1.165, 1.54) is 12.1 Å². The van der Waals surface area contributed by atoms with Crippen molar-refractivity contribution in [2.75, 3.05) is 11.4 Å². The number of benzene rings is 2. The molecule has 0 saturated heterocycles. The number of esters is 1. The Labute approximate surface area is 177 Å². The number of carbonyl (C=O) groups excluding carboxylic acids is 4. The molecule has 0 saturated carbocycles. The zero-order valence-electron chi connectivity index (χ0n) is 16.3. The molecule has 0 aliphatic heterocycles. The molecule has 0 aromatic heterocycles. The molecule has 9 heteroatoms. The number of hydrogen-bond donors (Lipinski definition) is 0. The number of likely N-dealkylation sites (N-methyl/N-ethyl adjacent to an activating group) is 1. The first-order valence-corrected chi connectivity index (χ1v) is 9.34. The van der Waals surface area contributed by atoms with E-state index < -0.39 is 34.8 Å². The fourth-order valence-electron chi connectivity index (χ4n) is 2.49. The lowest BCUT2D eigenvalue weighted by atomic mass is 10.2. The Kier molecular flexibility index (Phi) is 8.06. The lowest BCUT2D eigenvalue weighted by Crippen LogP contribution is -2.40. The molecule has 30 heavy (non-hydrogen) atoms. The van der Waals surface area contributed by atoms with Crippen molar-refractivity contribution in [1.82, 2.24) is 0 Å². The Morgan fingerprint density at radius 2 is 1.77 bits per heavy atom. The van der Waals surface area contributed by atoms with E-state index in [1.807, 2.05) is 30.3 Å². The summed E-state index contributed by atoms with van der Waals surface area (Å²) in [4.78, 5) is 47.6. The maximum atomic E-state index is 14.4. The zero-order valence-corrected chi connectivity index (χ0v) is 17.0. The highest BCUT2D eigenvalue weighted by Gasteiger charge is 2.30. The quantitative estimate of drug-likeness (QED) is 0.359. The molecule has 7 nitrogen and oxygen atoms in total. The molecule has 0 N–H and O–H groups in total. The van der Waals surface area contributed by atoms with Crippen LogP contribution in [-0.4, -0.2) is 35.6 Å². The Morgan fingerprint density at radius 1 is 1.10 bits per heavy atom. The fourth-order valence-corrected chi connectivity index (χ4v) is 2.64. The Balaban J connectivity index is 2.09. The summed E-state index contributed by atoms with van der Waals surface area (Å²) in [7, 11) is 0. The summed E-state index contributed by atoms with van der Waals surface area (Å²) < 4.78 is 24.6. The van der Waals surface area contributed by atoms with Gasteiger partial charge in [0.15, 0.2) is 17.7 Å². The summed E-state index contributed by atoms with van der Waals surface area (Å²) in [6.45, 7) is 2.86. The summed E-state index contributed by atoms with van der Waals surface area (Å²) >= 11 is 5.04. The molecule has 0 spiro atoms. The number of hydrogen-bond acceptors (Lipinski definition) is 6. The molecule has 2 rings (SSSR count). The summed E-state index contributed by atoms with van der Waals surface area (Å²) in [6.07, 6.45) is -1.52. The molecule has 2 aromatic rings. The summed E-state index contributed by atoms with van der Waals surface area (Å²) in [5.41, 5.74) is 0.949. The largest absolute Gasteiger partial charge is 0.486 e. The van der Waals surface area contributed by atoms with Crippen LogP contribution in [0, 0.1) is 5.82 Å². The molecule has 0 fully saturated rings. The second-order valence-electron chi connectivity index (χ2n) is 6.12. The lowest BCUT2D eigenvalue weighted by Gasteiger charge is -2.21.